The van der Waals surface area contributed by atoms with Crippen LogP contribution in [0.3, 0.4) is 0 Å². The van der Waals surface area contributed by atoms with Crippen LogP contribution in [-0.4, -0.2) is 27.3 Å². The Morgan fingerprint density at radius 1 is 1.24 bits per heavy atom. The molecule has 0 unspecified atom stereocenters. The van der Waals surface area contributed by atoms with Crippen LogP contribution in [0.5, 0.6) is 5.75 Å². The van der Waals surface area contributed by atoms with Crippen LogP contribution in [0.4, 0.5) is 5.69 Å². The monoisotopic (exact) mass is 236 g/mol. The molecule has 94 valence electrons. The van der Waals surface area contributed by atoms with E-state index in [1.807, 2.05) is 6.07 Å². The SMILES string of the molecule is CONCc1cc(OC)ccc1N1CCCC1. The predicted molar refractivity (Wildman–Crippen MR) is 68.3 cm³/mol. The zero-order chi connectivity index (χ0) is 12.1. The highest BCUT2D eigenvalue weighted by atomic mass is 16.6. The van der Waals surface area contributed by atoms with E-state index in [0.29, 0.717) is 6.54 Å². The largest absolute Gasteiger partial charge is 0.497 e. The van der Waals surface area contributed by atoms with E-state index in [0.717, 1.165) is 18.8 Å². The Kier molecular flexibility index (Phi) is 4.23. The molecule has 0 bridgehead atoms. The number of rotatable bonds is 5. The van der Waals surface area contributed by atoms with Crippen molar-refractivity contribution in [1.82, 2.24) is 5.48 Å². The highest BCUT2D eigenvalue weighted by molar-refractivity contribution is 5.56. The molecule has 4 nitrogen and oxygen atoms in total. The average molecular weight is 236 g/mol. The zero-order valence-corrected chi connectivity index (χ0v) is 10.5. The first-order valence-corrected chi connectivity index (χ1v) is 6.03. The Bertz CT molecular complexity index is 362. The minimum atomic E-state index is 0.694. The second-order valence-electron chi connectivity index (χ2n) is 4.21. The van der Waals surface area contributed by atoms with Gasteiger partial charge in [0.25, 0.3) is 0 Å². The van der Waals surface area contributed by atoms with Crippen molar-refractivity contribution < 1.29 is 9.57 Å². The third-order valence-electron chi connectivity index (χ3n) is 3.14. The van der Waals surface area contributed by atoms with Gasteiger partial charge in [0.05, 0.1) is 14.2 Å². The molecule has 0 radical (unpaired) electrons. The maximum atomic E-state index is 5.27. The van der Waals surface area contributed by atoms with E-state index in [1.165, 1.54) is 24.1 Å². The lowest BCUT2D eigenvalue weighted by Crippen LogP contribution is -2.21. The summed E-state index contributed by atoms with van der Waals surface area (Å²) in [7, 11) is 3.33. The van der Waals surface area contributed by atoms with E-state index in [1.54, 1.807) is 14.2 Å². The Labute approximate surface area is 102 Å². The first-order valence-electron chi connectivity index (χ1n) is 6.03. The summed E-state index contributed by atoms with van der Waals surface area (Å²) in [6.45, 7) is 2.98. The lowest BCUT2D eigenvalue weighted by atomic mass is 10.1. The van der Waals surface area contributed by atoms with E-state index < -0.39 is 0 Å². The highest BCUT2D eigenvalue weighted by Gasteiger charge is 2.16. The number of hydrogen-bond acceptors (Lipinski definition) is 4. The quantitative estimate of drug-likeness (QED) is 0.792. The van der Waals surface area contributed by atoms with E-state index in [4.69, 9.17) is 9.57 Å². The summed E-state index contributed by atoms with van der Waals surface area (Å²) >= 11 is 0. The fourth-order valence-corrected chi connectivity index (χ4v) is 2.25. The van der Waals surface area contributed by atoms with Crippen LogP contribution in [-0.2, 0) is 11.4 Å². The summed E-state index contributed by atoms with van der Waals surface area (Å²) < 4.78 is 5.27. The summed E-state index contributed by atoms with van der Waals surface area (Å²) in [4.78, 5) is 7.35. The molecule has 0 atom stereocenters. The van der Waals surface area contributed by atoms with Gasteiger partial charge in [-0.3, -0.25) is 0 Å². The second-order valence-corrected chi connectivity index (χ2v) is 4.21. The van der Waals surface area contributed by atoms with Crippen molar-refractivity contribution in [2.45, 2.75) is 19.4 Å². The van der Waals surface area contributed by atoms with Crippen molar-refractivity contribution in [3.8, 4) is 5.75 Å². The molecule has 1 saturated heterocycles. The van der Waals surface area contributed by atoms with Crippen molar-refractivity contribution >= 4 is 5.69 Å². The maximum absolute atomic E-state index is 5.27. The summed E-state index contributed by atoms with van der Waals surface area (Å²) in [5.74, 6) is 0.890. The molecule has 1 heterocycles. The first kappa shape index (κ1) is 12.2. The summed E-state index contributed by atoms with van der Waals surface area (Å²) in [5.41, 5.74) is 5.40. The fourth-order valence-electron chi connectivity index (χ4n) is 2.25. The lowest BCUT2D eigenvalue weighted by molar-refractivity contribution is 0.0867. The molecular weight excluding hydrogens is 216 g/mol. The number of benzene rings is 1. The van der Waals surface area contributed by atoms with Gasteiger partial charge < -0.3 is 14.5 Å². The molecule has 1 aliphatic heterocycles. The van der Waals surface area contributed by atoms with Gasteiger partial charge in [0, 0.05) is 25.3 Å². The normalized spacial score (nSPS) is 15.3. The van der Waals surface area contributed by atoms with E-state index in [2.05, 4.69) is 22.5 Å². The summed E-state index contributed by atoms with van der Waals surface area (Å²) in [6, 6.07) is 6.22. The minimum absolute atomic E-state index is 0.694. The topological polar surface area (TPSA) is 33.7 Å². The number of nitrogens with zero attached hydrogens (tertiary/aromatic N) is 1. The molecule has 4 heteroatoms. The van der Waals surface area contributed by atoms with Crippen LogP contribution in [0.25, 0.3) is 0 Å². The number of anilines is 1. The molecule has 0 aliphatic carbocycles. The Morgan fingerprint density at radius 3 is 2.65 bits per heavy atom. The van der Waals surface area contributed by atoms with Gasteiger partial charge >= 0.3 is 0 Å². The molecular formula is C13H20N2O2. The Hall–Kier alpha value is -1.26. The highest BCUT2D eigenvalue weighted by Crippen LogP contribution is 2.28. The number of ether oxygens (including phenoxy) is 1. The molecule has 0 saturated carbocycles. The maximum Gasteiger partial charge on any atom is 0.119 e. The summed E-state index contributed by atoms with van der Waals surface area (Å²) in [5, 5.41) is 0. The van der Waals surface area contributed by atoms with Crippen LogP contribution in [0.1, 0.15) is 18.4 Å². The number of methoxy groups -OCH3 is 1. The van der Waals surface area contributed by atoms with Gasteiger partial charge in [-0.2, -0.15) is 5.48 Å². The second kappa shape index (κ2) is 5.89. The molecule has 1 aliphatic rings. The Morgan fingerprint density at radius 2 is 2.00 bits per heavy atom. The van der Waals surface area contributed by atoms with Gasteiger partial charge in [0.2, 0.25) is 0 Å². The third kappa shape index (κ3) is 2.90. The Balaban J connectivity index is 2.21. The molecule has 0 aromatic heterocycles. The molecule has 1 fully saturated rings. The molecule has 1 aromatic rings. The van der Waals surface area contributed by atoms with Crippen molar-refractivity contribution in [1.29, 1.82) is 0 Å². The number of hydroxylamine groups is 1. The van der Waals surface area contributed by atoms with Crippen LogP contribution >= 0.6 is 0 Å². The summed E-state index contributed by atoms with van der Waals surface area (Å²) in [6.07, 6.45) is 2.56. The first-order chi connectivity index (χ1) is 8.35. The van der Waals surface area contributed by atoms with Crippen molar-refractivity contribution in [3.63, 3.8) is 0 Å². The van der Waals surface area contributed by atoms with Crippen molar-refractivity contribution in [2.75, 3.05) is 32.2 Å². The molecule has 2 rings (SSSR count). The van der Waals surface area contributed by atoms with E-state index >= 15 is 0 Å². The van der Waals surface area contributed by atoms with Gasteiger partial charge in [-0.05, 0) is 36.6 Å². The molecule has 1 N–H and O–H groups in total. The smallest absolute Gasteiger partial charge is 0.119 e. The lowest BCUT2D eigenvalue weighted by Gasteiger charge is -2.22. The van der Waals surface area contributed by atoms with Gasteiger partial charge in [0.15, 0.2) is 0 Å². The van der Waals surface area contributed by atoms with Gasteiger partial charge in [-0.15, -0.1) is 0 Å². The van der Waals surface area contributed by atoms with Crippen LogP contribution < -0.4 is 15.1 Å². The van der Waals surface area contributed by atoms with E-state index in [9.17, 15) is 0 Å². The average Bonchev–Trinajstić information content (AvgIpc) is 2.89. The van der Waals surface area contributed by atoms with Crippen LogP contribution in [0, 0.1) is 0 Å². The molecule has 0 amide bonds. The van der Waals surface area contributed by atoms with E-state index in [-0.39, 0.29) is 0 Å². The molecule has 1 aromatic carbocycles. The minimum Gasteiger partial charge on any atom is -0.497 e. The third-order valence-corrected chi connectivity index (χ3v) is 3.14. The standard InChI is InChI=1S/C13H20N2O2/c1-16-12-5-6-13(15-7-3-4-8-15)11(9-12)10-14-17-2/h5-6,9,14H,3-4,7-8,10H2,1-2H3. The van der Waals surface area contributed by atoms with Crippen LogP contribution in [0.15, 0.2) is 18.2 Å². The number of nitrogens with one attached hydrogen (secondary N) is 1. The number of hydrogen-bond donors (Lipinski definition) is 1. The molecule has 0 spiro atoms. The van der Waals surface area contributed by atoms with Crippen molar-refractivity contribution in [3.05, 3.63) is 23.8 Å². The van der Waals surface area contributed by atoms with Gasteiger partial charge in [-0.1, -0.05) is 0 Å². The van der Waals surface area contributed by atoms with Crippen molar-refractivity contribution in [2.24, 2.45) is 0 Å². The van der Waals surface area contributed by atoms with Gasteiger partial charge in [-0.25, -0.2) is 0 Å². The fraction of sp³-hybridized carbons (Fsp3) is 0.538. The van der Waals surface area contributed by atoms with Gasteiger partial charge in [0.1, 0.15) is 5.75 Å². The molecule has 17 heavy (non-hydrogen) atoms. The predicted octanol–water partition coefficient (Wildman–Crippen LogP) is 1.95. The van der Waals surface area contributed by atoms with Crippen LogP contribution in [0.2, 0.25) is 0 Å². The zero-order valence-electron chi connectivity index (χ0n) is 10.5.